The fourth-order valence-corrected chi connectivity index (χ4v) is 1.17. The standard InChI is InChI=1S/C9H11Cl2N3O/c1-14(2)8-3-7(6(11)5-12-8)13-9(15)4-10/h3,5H,4H2,1-2H3,(H,12,13,15). The summed E-state index contributed by atoms with van der Waals surface area (Å²) in [7, 11) is 3.70. The van der Waals surface area contributed by atoms with Crippen LogP contribution in [0.1, 0.15) is 0 Å². The minimum absolute atomic E-state index is 0.101. The summed E-state index contributed by atoms with van der Waals surface area (Å²) in [5, 5.41) is 2.97. The Kier molecular flexibility index (Phi) is 4.17. The average molecular weight is 248 g/mol. The molecule has 0 saturated carbocycles. The zero-order valence-electron chi connectivity index (χ0n) is 8.42. The van der Waals surface area contributed by atoms with E-state index in [-0.39, 0.29) is 11.8 Å². The van der Waals surface area contributed by atoms with Crippen molar-refractivity contribution in [2.75, 3.05) is 30.2 Å². The van der Waals surface area contributed by atoms with E-state index in [0.29, 0.717) is 16.5 Å². The maximum absolute atomic E-state index is 11.1. The molecule has 0 aromatic carbocycles. The number of alkyl halides is 1. The topological polar surface area (TPSA) is 45.2 Å². The molecule has 0 radical (unpaired) electrons. The predicted octanol–water partition coefficient (Wildman–Crippen LogP) is 1.98. The molecular formula is C9H11Cl2N3O. The maximum atomic E-state index is 11.1. The first kappa shape index (κ1) is 12.1. The van der Waals surface area contributed by atoms with Crippen molar-refractivity contribution in [3.8, 4) is 0 Å². The van der Waals surface area contributed by atoms with Gasteiger partial charge >= 0.3 is 0 Å². The monoisotopic (exact) mass is 247 g/mol. The van der Waals surface area contributed by atoms with Crippen molar-refractivity contribution in [2.24, 2.45) is 0 Å². The lowest BCUT2D eigenvalue weighted by atomic mass is 10.3. The molecular weight excluding hydrogens is 237 g/mol. The van der Waals surface area contributed by atoms with E-state index in [0.717, 1.165) is 0 Å². The van der Waals surface area contributed by atoms with Crippen molar-refractivity contribution >= 4 is 40.6 Å². The normalized spacial score (nSPS) is 9.87. The summed E-state index contributed by atoms with van der Waals surface area (Å²) in [6.07, 6.45) is 1.49. The average Bonchev–Trinajstić information content (AvgIpc) is 2.20. The van der Waals surface area contributed by atoms with Crippen molar-refractivity contribution < 1.29 is 4.79 Å². The second kappa shape index (κ2) is 5.19. The van der Waals surface area contributed by atoms with E-state index < -0.39 is 0 Å². The van der Waals surface area contributed by atoms with Gasteiger partial charge in [-0.05, 0) is 0 Å². The number of aromatic nitrogens is 1. The van der Waals surface area contributed by atoms with Gasteiger partial charge in [0.1, 0.15) is 11.7 Å². The third-order valence-electron chi connectivity index (χ3n) is 1.69. The number of carbonyl (C=O) groups excluding carboxylic acids is 1. The molecule has 0 bridgehead atoms. The Morgan fingerprint density at radius 1 is 1.60 bits per heavy atom. The molecule has 1 N–H and O–H groups in total. The van der Waals surface area contributed by atoms with E-state index in [9.17, 15) is 4.79 Å². The van der Waals surface area contributed by atoms with Gasteiger partial charge in [-0.2, -0.15) is 0 Å². The van der Waals surface area contributed by atoms with Crippen LogP contribution in [0, 0.1) is 0 Å². The molecule has 0 unspecified atom stereocenters. The quantitative estimate of drug-likeness (QED) is 0.832. The van der Waals surface area contributed by atoms with Crippen LogP contribution in [0.2, 0.25) is 5.02 Å². The molecule has 1 aromatic rings. The van der Waals surface area contributed by atoms with E-state index >= 15 is 0 Å². The van der Waals surface area contributed by atoms with Gasteiger partial charge in [-0.25, -0.2) is 4.98 Å². The summed E-state index contributed by atoms with van der Waals surface area (Å²) >= 11 is 11.2. The molecule has 15 heavy (non-hydrogen) atoms. The number of hydrogen-bond acceptors (Lipinski definition) is 3. The first-order valence-electron chi connectivity index (χ1n) is 4.23. The number of amides is 1. The highest BCUT2D eigenvalue weighted by molar-refractivity contribution is 6.34. The molecule has 0 aliphatic carbocycles. The smallest absolute Gasteiger partial charge is 0.239 e. The molecule has 1 amide bonds. The predicted molar refractivity (Wildman–Crippen MR) is 62.9 cm³/mol. The van der Waals surface area contributed by atoms with E-state index in [1.807, 2.05) is 19.0 Å². The second-order valence-electron chi connectivity index (χ2n) is 3.10. The number of pyridine rings is 1. The SMILES string of the molecule is CN(C)c1cc(NC(=O)CCl)c(Cl)cn1. The molecule has 0 atom stereocenters. The van der Waals surface area contributed by atoms with Crippen LogP contribution in [-0.4, -0.2) is 30.9 Å². The van der Waals surface area contributed by atoms with Crippen LogP contribution in [-0.2, 0) is 4.79 Å². The van der Waals surface area contributed by atoms with Gasteiger partial charge in [0.05, 0.1) is 16.9 Å². The highest BCUT2D eigenvalue weighted by Gasteiger charge is 2.07. The van der Waals surface area contributed by atoms with Crippen LogP contribution in [0.15, 0.2) is 12.3 Å². The van der Waals surface area contributed by atoms with Crippen molar-refractivity contribution in [1.82, 2.24) is 4.98 Å². The van der Waals surface area contributed by atoms with Crippen molar-refractivity contribution in [2.45, 2.75) is 0 Å². The van der Waals surface area contributed by atoms with E-state index in [4.69, 9.17) is 23.2 Å². The number of halogens is 2. The Bertz CT molecular complexity index is 368. The second-order valence-corrected chi connectivity index (χ2v) is 3.77. The van der Waals surface area contributed by atoms with Gasteiger partial charge in [-0.15, -0.1) is 11.6 Å². The summed E-state index contributed by atoms with van der Waals surface area (Å²) in [6.45, 7) is 0. The van der Waals surface area contributed by atoms with Gasteiger partial charge in [0.25, 0.3) is 0 Å². The van der Waals surface area contributed by atoms with Gasteiger partial charge in [0.2, 0.25) is 5.91 Å². The highest BCUT2D eigenvalue weighted by atomic mass is 35.5. The number of nitrogens with one attached hydrogen (secondary N) is 1. The fourth-order valence-electron chi connectivity index (χ4n) is 0.952. The fraction of sp³-hybridized carbons (Fsp3) is 0.333. The zero-order chi connectivity index (χ0) is 11.4. The van der Waals surface area contributed by atoms with Crippen LogP contribution in [0.5, 0.6) is 0 Å². The third-order valence-corrected chi connectivity index (χ3v) is 2.24. The zero-order valence-corrected chi connectivity index (χ0v) is 9.93. The summed E-state index contributed by atoms with van der Waals surface area (Å²) < 4.78 is 0. The van der Waals surface area contributed by atoms with Crippen molar-refractivity contribution in [3.63, 3.8) is 0 Å². The molecule has 0 aliphatic heterocycles. The van der Waals surface area contributed by atoms with Gasteiger partial charge in [0.15, 0.2) is 0 Å². The van der Waals surface area contributed by atoms with Crippen LogP contribution >= 0.6 is 23.2 Å². The van der Waals surface area contributed by atoms with Gasteiger partial charge in [-0.1, -0.05) is 11.6 Å². The van der Waals surface area contributed by atoms with E-state index in [1.165, 1.54) is 6.20 Å². The molecule has 4 nitrogen and oxygen atoms in total. The van der Waals surface area contributed by atoms with Crippen LogP contribution in [0.3, 0.4) is 0 Å². The lowest BCUT2D eigenvalue weighted by Crippen LogP contribution is -2.15. The number of rotatable bonds is 3. The molecule has 0 saturated heterocycles. The summed E-state index contributed by atoms with van der Waals surface area (Å²) in [4.78, 5) is 17.0. The molecule has 1 heterocycles. The first-order chi connectivity index (χ1) is 7.04. The highest BCUT2D eigenvalue weighted by Crippen LogP contribution is 2.24. The summed E-state index contributed by atoms with van der Waals surface area (Å²) in [5.41, 5.74) is 0.515. The van der Waals surface area contributed by atoms with Crippen LogP contribution in [0.4, 0.5) is 11.5 Å². The third kappa shape index (κ3) is 3.25. The molecule has 1 aromatic heterocycles. The Labute approximate surface area is 98.2 Å². The molecule has 1 rings (SSSR count). The Hall–Kier alpha value is -1.00. The molecule has 6 heteroatoms. The van der Waals surface area contributed by atoms with Crippen LogP contribution < -0.4 is 10.2 Å². The first-order valence-corrected chi connectivity index (χ1v) is 5.14. The van der Waals surface area contributed by atoms with Crippen LogP contribution in [0.25, 0.3) is 0 Å². The van der Waals surface area contributed by atoms with Crippen molar-refractivity contribution in [3.05, 3.63) is 17.3 Å². The summed E-state index contributed by atoms with van der Waals surface area (Å²) in [6, 6.07) is 1.69. The maximum Gasteiger partial charge on any atom is 0.239 e. The van der Waals surface area contributed by atoms with Gasteiger partial charge < -0.3 is 10.2 Å². The van der Waals surface area contributed by atoms with Crippen molar-refractivity contribution in [1.29, 1.82) is 0 Å². The van der Waals surface area contributed by atoms with E-state index in [1.54, 1.807) is 6.07 Å². The van der Waals surface area contributed by atoms with Gasteiger partial charge in [0, 0.05) is 20.2 Å². The molecule has 0 fully saturated rings. The Morgan fingerprint density at radius 3 is 2.80 bits per heavy atom. The molecule has 0 aliphatic rings. The largest absolute Gasteiger partial charge is 0.363 e. The van der Waals surface area contributed by atoms with E-state index in [2.05, 4.69) is 10.3 Å². The minimum atomic E-state index is -0.297. The lowest BCUT2D eigenvalue weighted by molar-refractivity contribution is -0.113. The number of anilines is 2. The summed E-state index contributed by atoms with van der Waals surface area (Å²) in [5.74, 6) is 0.314. The Morgan fingerprint density at radius 2 is 2.27 bits per heavy atom. The minimum Gasteiger partial charge on any atom is -0.363 e. The molecule has 0 spiro atoms. The number of nitrogens with zero attached hydrogens (tertiary/aromatic N) is 2. The number of hydrogen-bond donors (Lipinski definition) is 1. The molecule has 82 valence electrons. The van der Waals surface area contributed by atoms with Gasteiger partial charge in [-0.3, -0.25) is 4.79 Å². The Balaban J connectivity index is 2.95. The lowest BCUT2D eigenvalue weighted by Gasteiger charge is -2.13. The number of carbonyl (C=O) groups is 1.